The molecule has 1 saturated carbocycles. The van der Waals surface area contributed by atoms with E-state index >= 15 is 0 Å². The second-order valence-electron chi connectivity index (χ2n) is 3.43. The normalized spacial score (nSPS) is 16.8. The maximum absolute atomic E-state index is 4.38. The van der Waals surface area contributed by atoms with Crippen molar-refractivity contribution in [2.75, 3.05) is 6.54 Å². The molecule has 1 N–H and O–H groups in total. The number of nitrogens with one attached hydrogen (secondary N) is 1. The van der Waals surface area contributed by atoms with Crippen LogP contribution in [0, 0.1) is 12.8 Å². The molecule has 1 fully saturated rings. The minimum absolute atomic E-state index is 0.945. The zero-order valence-electron chi connectivity index (χ0n) is 7.34. The van der Waals surface area contributed by atoms with Crippen LogP contribution in [0.3, 0.4) is 0 Å². The molecule has 1 aliphatic carbocycles. The highest BCUT2D eigenvalue weighted by molar-refractivity contribution is 7.09. The third-order valence-electron chi connectivity index (χ3n) is 2.10. The van der Waals surface area contributed by atoms with Gasteiger partial charge in [-0.3, -0.25) is 0 Å². The van der Waals surface area contributed by atoms with E-state index in [1.165, 1.54) is 30.1 Å². The van der Waals surface area contributed by atoms with Crippen LogP contribution in [-0.2, 0) is 6.54 Å². The van der Waals surface area contributed by atoms with Crippen molar-refractivity contribution in [3.63, 3.8) is 0 Å². The van der Waals surface area contributed by atoms with Gasteiger partial charge in [0.1, 0.15) is 0 Å². The van der Waals surface area contributed by atoms with Crippen molar-refractivity contribution in [2.45, 2.75) is 26.3 Å². The van der Waals surface area contributed by atoms with Gasteiger partial charge in [0.2, 0.25) is 0 Å². The van der Waals surface area contributed by atoms with Crippen LogP contribution in [0.5, 0.6) is 0 Å². The highest BCUT2D eigenvalue weighted by atomic mass is 32.1. The molecule has 0 bridgehead atoms. The molecule has 0 spiro atoms. The molecular weight excluding hydrogens is 168 g/mol. The summed E-state index contributed by atoms with van der Waals surface area (Å²) in [5, 5.41) is 6.72. The van der Waals surface area contributed by atoms with Gasteiger partial charge in [0.25, 0.3) is 0 Å². The van der Waals surface area contributed by atoms with Crippen LogP contribution in [0.25, 0.3) is 0 Å². The molecule has 1 aliphatic rings. The van der Waals surface area contributed by atoms with Gasteiger partial charge in [0.05, 0.1) is 10.7 Å². The van der Waals surface area contributed by atoms with Crippen LogP contribution < -0.4 is 5.32 Å². The van der Waals surface area contributed by atoms with E-state index in [2.05, 4.69) is 22.6 Å². The molecule has 0 radical (unpaired) electrons. The summed E-state index contributed by atoms with van der Waals surface area (Å²) in [7, 11) is 0. The van der Waals surface area contributed by atoms with Crippen molar-refractivity contribution in [3.8, 4) is 0 Å². The summed E-state index contributed by atoms with van der Waals surface area (Å²) in [5.74, 6) is 0.963. The van der Waals surface area contributed by atoms with E-state index < -0.39 is 0 Å². The molecule has 0 saturated heterocycles. The molecule has 3 heteroatoms. The maximum atomic E-state index is 4.38. The molecule has 2 nitrogen and oxygen atoms in total. The Morgan fingerprint density at radius 2 is 2.50 bits per heavy atom. The molecule has 1 heterocycles. The quantitative estimate of drug-likeness (QED) is 0.770. The lowest BCUT2D eigenvalue weighted by Gasteiger charge is -1.98. The lowest BCUT2D eigenvalue weighted by atomic mass is 10.4. The topological polar surface area (TPSA) is 24.9 Å². The van der Waals surface area contributed by atoms with E-state index in [-0.39, 0.29) is 0 Å². The molecule has 2 rings (SSSR count). The van der Waals surface area contributed by atoms with Crippen molar-refractivity contribution in [3.05, 3.63) is 16.1 Å². The number of rotatable bonds is 4. The van der Waals surface area contributed by atoms with Gasteiger partial charge in [0.15, 0.2) is 0 Å². The third kappa shape index (κ3) is 2.29. The Balaban J connectivity index is 1.71. The van der Waals surface area contributed by atoms with Crippen molar-refractivity contribution in [1.82, 2.24) is 10.3 Å². The van der Waals surface area contributed by atoms with Gasteiger partial charge >= 0.3 is 0 Å². The Labute approximate surface area is 77.0 Å². The third-order valence-corrected chi connectivity index (χ3v) is 2.92. The Morgan fingerprint density at radius 3 is 3.08 bits per heavy atom. The van der Waals surface area contributed by atoms with Gasteiger partial charge in [0, 0.05) is 11.9 Å². The molecule has 0 atom stereocenters. The standard InChI is InChI=1S/C9H14N2S/c1-7-11-9(6-12-7)5-10-4-8-2-3-8/h6,8,10H,2-5H2,1H3. The summed E-state index contributed by atoms with van der Waals surface area (Å²) in [5.41, 5.74) is 1.19. The first kappa shape index (κ1) is 8.20. The number of aromatic nitrogens is 1. The van der Waals surface area contributed by atoms with E-state index in [9.17, 15) is 0 Å². The van der Waals surface area contributed by atoms with Crippen LogP contribution in [0.15, 0.2) is 5.38 Å². The first-order valence-electron chi connectivity index (χ1n) is 4.46. The van der Waals surface area contributed by atoms with E-state index in [4.69, 9.17) is 0 Å². The fraction of sp³-hybridized carbons (Fsp3) is 0.667. The van der Waals surface area contributed by atoms with Gasteiger partial charge in [-0.1, -0.05) is 0 Å². The Kier molecular flexibility index (Phi) is 2.42. The Bertz CT molecular complexity index is 253. The van der Waals surface area contributed by atoms with Crippen molar-refractivity contribution in [1.29, 1.82) is 0 Å². The number of thiazole rings is 1. The molecule has 1 aromatic rings. The van der Waals surface area contributed by atoms with E-state index in [0.29, 0.717) is 0 Å². The first-order valence-corrected chi connectivity index (χ1v) is 5.34. The number of nitrogens with zero attached hydrogens (tertiary/aromatic N) is 1. The Morgan fingerprint density at radius 1 is 1.67 bits per heavy atom. The first-order chi connectivity index (χ1) is 5.84. The highest BCUT2D eigenvalue weighted by Crippen LogP contribution is 2.27. The number of hydrogen-bond donors (Lipinski definition) is 1. The summed E-state index contributed by atoms with van der Waals surface area (Å²) in [6.45, 7) is 4.17. The lowest BCUT2D eigenvalue weighted by Crippen LogP contribution is -2.16. The van der Waals surface area contributed by atoms with Gasteiger partial charge in [-0.2, -0.15) is 0 Å². The van der Waals surface area contributed by atoms with Crippen molar-refractivity contribution < 1.29 is 0 Å². The summed E-state index contributed by atoms with van der Waals surface area (Å²) < 4.78 is 0. The highest BCUT2D eigenvalue weighted by Gasteiger charge is 2.20. The Hall–Kier alpha value is -0.410. The number of aryl methyl sites for hydroxylation is 1. The minimum Gasteiger partial charge on any atom is -0.311 e. The minimum atomic E-state index is 0.945. The molecule has 66 valence electrons. The summed E-state index contributed by atoms with van der Waals surface area (Å²) in [6, 6.07) is 0. The molecule has 12 heavy (non-hydrogen) atoms. The zero-order chi connectivity index (χ0) is 8.39. The van der Waals surface area contributed by atoms with Gasteiger partial charge in [-0.25, -0.2) is 4.98 Å². The second-order valence-corrected chi connectivity index (χ2v) is 4.49. The fourth-order valence-corrected chi connectivity index (χ4v) is 1.83. The number of hydrogen-bond acceptors (Lipinski definition) is 3. The fourth-order valence-electron chi connectivity index (χ4n) is 1.22. The monoisotopic (exact) mass is 182 g/mol. The predicted molar refractivity (Wildman–Crippen MR) is 51.3 cm³/mol. The second kappa shape index (κ2) is 3.54. The summed E-state index contributed by atoms with van der Waals surface area (Å²) in [6.07, 6.45) is 2.84. The zero-order valence-corrected chi connectivity index (χ0v) is 8.16. The SMILES string of the molecule is Cc1nc(CNCC2CC2)cs1. The smallest absolute Gasteiger partial charge is 0.0897 e. The van der Waals surface area contributed by atoms with Crippen LogP contribution in [0.4, 0.5) is 0 Å². The van der Waals surface area contributed by atoms with Crippen molar-refractivity contribution in [2.24, 2.45) is 5.92 Å². The van der Waals surface area contributed by atoms with Crippen LogP contribution in [-0.4, -0.2) is 11.5 Å². The molecule has 0 aromatic carbocycles. The van der Waals surface area contributed by atoms with E-state index in [0.717, 1.165) is 12.5 Å². The average Bonchev–Trinajstić information content (AvgIpc) is 2.76. The molecular formula is C9H14N2S. The van der Waals surface area contributed by atoms with Crippen LogP contribution in [0.1, 0.15) is 23.5 Å². The molecule has 0 unspecified atom stereocenters. The predicted octanol–water partition coefficient (Wildman–Crippen LogP) is 1.95. The molecule has 0 amide bonds. The van der Waals surface area contributed by atoms with Crippen molar-refractivity contribution >= 4 is 11.3 Å². The van der Waals surface area contributed by atoms with Gasteiger partial charge in [-0.15, -0.1) is 11.3 Å². The van der Waals surface area contributed by atoms with Crippen LogP contribution in [0.2, 0.25) is 0 Å². The summed E-state index contributed by atoms with van der Waals surface area (Å²) >= 11 is 1.73. The average molecular weight is 182 g/mol. The van der Waals surface area contributed by atoms with Gasteiger partial charge in [-0.05, 0) is 32.2 Å². The van der Waals surface area contributed by atoms with E-state index in [1.807, 2.05) is 0 Å². The lowest BCUT2D eigenvalue weighted by molar-refractivity contribution is 0.631. The van der Waals surface area contributed by atoms with E-state index in [1.54, 1.807) is 11.3 Å². The molecule has 0 aliphatic heterocycles. The maximum Gasteiger partial charge on any atom is 0.0897 e. The largest absolute Gasteiger partial charge is 0.311 e. The van der Waals surface area contributed by atoms with Crippen LogP contribution >= 0.6 is 11.3 Å². The summed E-state index contributed by atoms with van der Waals surface area (Å²) in [4.78, 5) is 4.38. The molecule has 1 aromatic heterocycles. The van der Waals surface area contributed by atoms with Gasteiger partial charge < -0.3 is 5.32 Å².